The largest absolute Gasteiger partial charge is 0.360 e. The second-order valence-corrected chi connectivity index (χ2v) is 24.0. The SMILES string of the molecule is CC(C)(C)c1cc(C2=C3C=CC(=N3)C(c3ccc(Br)cc3)=C3C=CC(=N3)C(c3ccc(Br)cc3)=c3ccc([nH]3)=C(c3cc(C(C)(C)C)cc(C(C)(C)C)c3)c3c[nH]c2c3)cc(C(C)(C)C)c1. The number of aliphatic imine (C=N–C) groups is 2. The minimum Gasteiger partial charge on any atom is -0.360 e. The molecule has 0 saturated heterocycles. The summed E-state index contributed by atoms with van der Waals surface area (Å²) in [6.45, 7) is 27.7. The zero-order valence-corrected chi connectivity index (χ0v) is 43.5. The van der Waals surface area contributed by atoms with Crippen molar-refractivity contribution in [3.05, 3.63) is 220 Å². The average molecular weight is 997 g/mol. The number of hydrogen-bond acceptors (Lipinski definition) is 2. The Labute approximate surface area is 408 Å². The number of allylic oxidation sites excluding steroid dienone is 5. The van der Waals surface area contributed by atoms with Crippen LogP contribution in [-0.4, -0.2) is 21.4 Å². The van der Waals surface area contributed by atoms with E-state index in [1.165, 1.54) is 27.8 Å². The smallest absolute Gasteiger partial charge is 0.0738 e. The van der Waals surface area contributed by atoms with Crippen molar-refractivity contribution in [2.75, 3.05) is 0 Å². The molecule has 66 heavy (non-hydrogen) atoms. The van der Waals surface area contributed by atoms with E-state index in [9.17, 15) is 0 Å². The van der Waals surface area contributed by atoms with E-state index in [2.05, 4.69) is 259 Å². The van der Waals surface area contributed by atoms with Gasteiger partial charge in [0.05, 0.1) is 22.8 Å². The highest BCUT2D eigenvalue weighted by Gasteiger charge is 2.28. The Morgan fingerprint density at radius 3 is 1.23 bits per heavy atom. The summed E-state index contributed by atoms with van der Waals surface area (Å²) in [5.41, 5.74) is 19.1. The topological polar surface area (TPSA) is 56.3 Å². The van der Waals surface area contributed by atoms with Crippen LogP contribution >= 0.6 is 31.9 Å². The van der Waals surface area contributed by atoms with Gasteiger partial charge in [0.1, 0.15) is 0 Å². The van der Waals surface area contributed by atoms with Gasteiger partial charge in [-0.2, -0.15) is 0 Å². The number of hydrogen-bond donors (Lipinski definition) is 2. The molecule has 9 rings (SSSR count). The molecule has 6 heteroatoms. The molecule has 4 nitrogen and oxygen atoms in total. The molecule has 0 radical (unpaired) electrons. The second kappa shape index (κ2) is 16.6. The molecule has 5 heterocycles. The Bertz CT molecular complexity index is 3190. The first-order valence-electron chi connectivity index (χ1n) is 23.0. The molecule has 3 aliphatic rings. The zero-order chi connectivity index (χ0) is 47.1. The summed E-state index contributed by atoms with van der Waals surface area (Å²) in [5.74, 6) is 0. The Morgan fingerprint density at radius 2 is 0.773 bits per heavy atom. The summed E-state index contributed by atoms with van der Waals surface area (Å²) in [5, 5.41) is 2.01. The van der Waals surface area contributed by atoms with E-state index < -0.39 is 0 Å². The molecule has 0 spiro atoms. The molecule has 0 unspecified atom stereocenters. The quantitative estimate of drug-likeness (QED) is 0.177. The van der Waals surface area contributed by atoms with Gasteiger partial charge in [-0.15, -0.1) is 0 Å². The lowest BCUT2D eigenvalue weighted by atomic mass is 9.78. The predicted molar refractivity (Wildman–Crippen MR) is 287 cm³/mol. The Morgan fingerprint density at radius 1 is 0.379 bits per heavy atom. The third-order valence-electron chi connectivity index (χ3n) is 12.9. The maximum Gasteiger partial charge on any atom is 0.0738 e. The number of nitrogens with zero attached hydrogens (tertiary/aromatic N) is 2. The standard InChI is InChI=1S/C60H60Br2N4/c1-57(2,3)40-27-37(28-41(32-40)58(4,5)6)53-39-31-52(63-34-39)56(38-29-42(59(7,8)9)33-43(30-38)60(10,11)12)51-26-25-50(66-51)55(36-15-19-45(62)20-16-36)49-24-23-48(65-49)54(47-22-21-46(53)64-47)35-13-17-44(61)18-14-35/h13-34,63-64H,1-12H3. The van der Waals surface area contributed by atoms with Crippen molar-refractivity contribution in [3.63, 3.8) is 0 Å². The van der Waals surface area contributed by atoms with E-state index in [-0.39, 0.29) is 21.7 Å². The fourth-order valence-electron chi connectivity index (χ4n) is 8.95. The lowest BCUT2D eigenvalue weighted by Crippen LogP contribution is -2.20. The lowest BCUT2D eigenvalue weighted by molar-refractivity contribution is 0.567. The Hall–Kier alpha value is -5.56. The van der Waals surface area contributed by atoms with Crippen LogP contribution in [0.1, 0.15) is 139 Å². The number of benzene rings is 4. The highest BCUT2D eigenvalue weighted by Crippen LogP contribution is 2.41. The Kier molecular flexibility index (Phi) is 11.5. The number of aromatic amines is 2. The summed E-state index contributed by atoms with van der Waals surface area (Å²) in [4.78, 5) is 19.0. The highest BCUT2D eigenvalue weighted by atomic mass is 79.9. The number of fused-ring (bicyclic) bond motifs is 6. The number of rotatable bonds is 4. The lowest BCUT2D eigenvalue weighted by Gasteiger charge is -2.27. The fraction of sp³-hybridized carbons (Fsp3) is 0.267. The Balaban J connectivity index is 1.44. The van der Waals surface area contributed by atoms with Crippen LogP contribution < -0.4 is 10.7 Å². The van der Waals surface area contributed by atoms with Crippen LogP contribution in [0.15, 0.2) is 164 Å². The average Bonchev–Trinajstić information content (AvgIpc) is 4.09. The summed E-state index contributed by atoms with van der Waals surface area (Å²) in [6, 6.07) is 38.2. The maximum atomic E-state index is 5.61. The summed E-state index contributed by atoms with van der Waals surface area (Å²) < 4.78 is 2.04. The number of halogens is 2. The molecular formula is C60H60Br2N4. The molecule has 6 aromatic rings. The third kappa shape index (κ3) is 8.99. The van der Waals surface area contributed by atoms with Crippen LogP contribution in [0.2, 0.25) is 0 Å². The van der Waals surface area contributed by atoms with Crippen molar-refractivity contribution in [3.8, 4) is 0 Å². The van der Waals surface area contributed by atoms with Gasteiger partial charge in [-0.25, -0.2) is 9.98 Å². The van der Waals surface area contributed by atoms with Crippen LogP contribution in [0.3, 0.4) is 0 Å². The van der Waals surface area contributed by atoms with Crippen molar-refractivity contribution in [2.24, 2.45) is 9.98 Å². The molecule has 0 aliphatic carbocycles. The van der Waals surface area contributed by atoms with Crippen LogP contribution in [0, 0.1) is 0 Å². The van der Waals surface area contributed by atoms with E-state index >= 15 is 0 Å². The molecule has 3 aliphatic heterocycles. The zero-order valence-electron chi connectivity index (χ0n) is 40.4. The monoisotopic (exact) mass is 994 g/mol. The van der Waals surface area contributed by atoms with Gasteiger partial charge in [0.15, 0.2) is 0 Å². The van der Waals surface area contributed by atoms with Crippen LogP contribution in [0.25, 0.3) is 22.3 Å². The first-order chi connectivity index (χ1) is 31.0. The molecule has 0 fully saturated rings. The van der Waals surface area contributed by atoms with E-state index in [4.69, 9.17) is 9.98 Å². The maximum absolute atomic E-state index is 5.61. The van der Waals surface area contributed by atoms with Gasteiger partial charge >= 0.3 is 0 Å². The molecule has 0 atom stereocenters. The highest BCUT2D eigenvalue weighted by molar-refractivity contribution is 9.10. The summed E-state index contributed by atoms with van der Waals surface area (Å²) >= 11 is 7.38. The number of H-pyrrole nitrogens is 2. The summed E-state index contributed by atoms with van der Waals surface area (Å²) in [6.07, 6.45) is 10.9. The molecule has 2 N–H and O–H groups in total. The molecule has 0 amide bonds. The summed E-state index contributed by atoms with van der Waals surface area (Å²) in [7, 11) is 0. The van der Waals surface area contributed by atoms with Crippen molar-refractivity contribution < 1.29 is 0 Å². The predicted octanol–water partition coefficient (Wildman–Crippen LogP) is 14.7. The van der Waals surface area contributed by atoms with Crippen LogP contribution in [-0.2, 0) is 21.7 Å². The first-order valence-corrected chi connectivity index (χ1v) is 24.6. The van der Waals surface area contributed by atoms with Gasteiger partial charge in [0.25, 0.3) is 0 Å². The minimum atomic E-state index is -0.0781. The van der Waals surface area contributed by atoms with E-state index in [1.54, 1.807) is 0 Å². The molecule has 4 aromatic carbocycles. The van der Waals surface area contributed by atoms with Crippen molar-refractivity contribution in [2.45, 2.75) is 105 Å². The van der Waals surface area contributed by atoms with Gasteiger partial charge in [-0.1, -0.05) is 176 Å². The van der Waals surface area contributed by atoms with Crippen LogP contribution in [0.5, 0.6) is 0 Å². The second-order valence-electron chi connectivity index (χ2n) is 22.1. The van der Waals surface area contributed by atoms with Gasteiger partial charge in [-0.05, 0) is 133 Å². The van der Waals surface area contributed by atoms with E-state index in [0.29, 0.717) is 0 Å². The molecule has 0 saturated carbocycles. The van der Waals surface area contributed by atoms with Crippen LogP contribution in [0.4, 0.5) is 0 Å². The van der Waals surface area contributed by atoms with E-state index in [0.717, 1.165) is 92.7 Å². The number of nitrogens with one attached hydrogen (secondary N) is 2. The van der Waals surface area contributed by atoms with Gasteiger partial charge in [0, 0.05) is 59.4 Å². The first kappa shape index (κ1) is 45.6. The van der Waals surface area contributed by atoms with Crippen molar-refractivity contribution in [1.29, 1.82) is 0 Å². The van der Waals surface area contributed by atoms with Gasteiger partial charge < -0.3 is 9.97 Å². The normalized spacial score (nSPS) is 15.6. The van der Waals surface area contributed by atoms with Gasteiger partial charge in [-0.3, -0.25) is 0 Å². The molecule has 2 aromatic heterocycles. The molecule has 8 bridgehead atoms. The van der Waals surface area contributed by atoms with Crippen molar-refractivity contribution >= 4 is 65.6 Å². The fourth-order valence-corrected chi connectivity index (χ4v) is 9.48. The van der Waals surface area contributed by atoms with Gasteiger partial charge in [0.2, 0.25) is 0 Å². The minimum absolute atomic E-state index is 0.0696. The molecular weight excluding hydrogens is 936 g/mol. The molecule has 334 valence electrons. The third-order valence-corrected chi connectivity index (χ3v) is 14.0. The number of aromatic nitrogens is 2. The van der Waals surface area contributed by atoms with E-state index in [1.807, 2.05) is 0 Å². The van der Waals surface area contributed by atoms with Crippen molar-refractivity contribution in [1.82, 2.24) is 9.97 Å².